The first-order chi connectivity index (χ1) is 15.3. The summed E-state index contributed by atoms with van der Waals surface area (Å²) in [5.74, 6) is 1.50. The predicted octanol–water partition coefficient (Wildman–Crippen LogP) is 2.20. The molecule has 1 aliphatic carbocycles. The van der Waals surface area contributed by atoms with Crippen LogP contribution in [-0.4, -0.2) is 48.5 Å². The number of hydrogen-bond acceptors (Lipinski definition) is 8. The summed E-state index contributed by atoms with van der Waals surface area (Å²) in [6, 6.07) is 9.09. The monoisotopic (exact) mass is 434 g/mol. The van der Waals surface area contributed by atoms with Crippen molar-refractivity contribution in [3.05, 3.63) is 48.4 Å². The third-order valence-corrected chi connectivity index (χ3v) is 6.59. The van der Waals surface area contributed by atoms with E-state index in [0.29, 0.717) is 29.5 Å². The molecule has 6 N–H and O–H groups in total. The van der Waals surface area contributed by atoms with Crippen molar-refractivity contribution in [1.82, 2.24) is 19.5 Å². The molecule has 4 atom stereocenters. The fourth-order valence-electron chi connectivity index (χ4n) is 4.61. The van der Waals surface area contributed by atoms with E-state index in [1.807, 2.05) is 54.9 Å². The second kappa shape index (κ2) is 7.32. The molecule has 0 unspecified atom stereocenters. The number of ether oxygens (including phenoxy) is 1. The van der Waals surface area contributed by atoms with Crippen molar-refractivity contribution in [3.8, 4) is 5.75 Å². The maximum absolute atomic E-state index is 10.9. The number of nitrogens with two attached hydrogens (primary N) is 2. The third kappa shape index (κ3) is 3.21. The Hall–Kier alpha value is -3.43. The zero-order valence-electron chi connectivity index (χ0n) is 17.9. The number of rotatable bonds is 4. The Bertz CT molecular complexity index is 1320. The lowest BCUT2D eigenvalue weighted by Crippen LogP contribution is -2.38. The van der Waals surface area contributed by atoms with Crippen molar-refractivity contribution in [1.29, 1.82) is 0 Å². The van der Waals surface area contributed by atoms with Gasteiger partial charge in [0.05, 0.1) is 29.7 Å². The van der Waals surface area contributed by atoms with Gasteiger partial charge in [-0.25, -0.2) is 15.0 Å². The molecule has 1 aliphatic rings. The third-order valence-electron chi connectivity index (χ3n) is 6.59. The smallest absolute Gasteiger partial charge is 0.145 e. The van der Waals surface area contributed by atoms with Crippen molar-refractivity contribution in [2.24, 2.45) is 5.41 Å². The Morgan fingerprint density at radius 2 is 1.97 bits per heavy atom. The Morgan fingerprint density at radius 1 is 1.16 bits per heavy atom. The Balaban J connectivity index is 1.38. The largest absolute Gasteiger partial charge is 0.493 e. The molecule has 9 nitrogen and oxygen atoms in total. The molecule has 3 aromatic heterocycles. The molecule has 1 aromatic carbocycles. The molecule has 3 heterocycles. The van der Waals surface area contributed by atoms with E-state index in [4.69, 9.17) is 16.2 Å². The molecule has 32 heavy (non-hydrogen) atoms. The van der Waals surface area contributed by atoms with Gasteiger partial charge in [-0.2, -0.15) is 0 Å². The van der Waals surface area contributed by atoms with Gasteiger partial charge in [-0.3, -0.25) is 0 Å². The first-order valence-electron chi connectivity index (χ1n) is 10.5. The fraction of sp³-hybridized carbons (Fsp3) is 0.348. The minimum atomic E-state index is -0.976. The molecular formula is C23H26N6O3. The minimum Gasteiger partial charge on any atom is -0.493 e. The quantitative estimate of drug-likeness (QED) is 0.382. The highest BCUT2D eigenvalue weighted by atomic mass is 16.5. The summed E-state index contributed by atoms with van der Waals surface area (Å²) in [7, 11) is 0. The van der Waals surface area contributed by atoms with Crippen LogP contribution >= 0.6 is 0 Å². The predicted molar refractivity (Wildman–Crippen MR) is 122 cm³/mol. The van der Waals surface area contributed by atoms with Gasteiger partial charge in [0.1, 0.15) is 35.5 Å². The van der Waals surface area contributed by atoms with Gasteiger partial charge < -0.3 is 31.0 Å². The number of aliphatic hydroxyl groups excluding tert-OH is 2. The highest BCUT2D eigenvalue weighted by Gasteiger charge is 2.51. The Labute approximate surface area is 184 Å². The number of fused-ring (bicyclic) bond motifs is 2. The average Bonchev–Trinajstić information content (AvgIpc) is 3.29. The lowest BCUT2D eigenvalue weighted by atomic mass is 9.87. The van der Waals surface area contributed by atoms with E-state index in [1.165, 1.54) is 6.33 Å². The highest BCUT2D eigenvalue weighted by molar-refractivity contribution is 5.86. The number of hydrogen-bond donors (Lipinski definition) is 4. The van der Waals surface area contributed by atoms with Gasteiger partial charge in [-0.1, -0.05) is 6.92 Å². The van der Waals surface area contributed by atoms with Crippen LogP contribution in [0.2, 0.25) is 0 Å². The lowest BCUT2D eigenvalue weighted by Gasteiger charge is -2.28. The van der Waals surface area contributed by atoms with Gasteiger partial charge >= 0.3 is 0 Å². The minimum absolute atomic E-state index is 0.227. The van der Waals surface area contributed by atoms with Crippen LogP contribution in [-0.2, 0) is 0 Å². The molecule has 0 radical (unpaired) electrons. The van der Waals surface area contributed by atoms with Gasteiger partial charge in [0.2, 0.25) is 0 Å². The Kier molecular flexibility index (Phi) is 4.68. The zero-order chi connectivity index (χ0) is 22.6. The van der Waals surface area contributed by atoms with E-state index in [2.05, 4.69) is 15.0 Å². The van der Waals surface area contributed by atoms with Gasteiger partial charge in [0.25, 0.3) is 0 Å². The molecule has 0 saturated heterocycles. The van der Waals surface area contributed by atoms with Crippen molar-refractivity contribution >= 4 is 33.6 Å². The van der Waals surface area contributed by atoms with E-state index in [1.54, 1.807) is 0 Å². The second-order valence-corrected chi connectivity index (χ2v) is 8.91. The van der Waals surface area contributed by atoms with Crippen molar-refractivity contribution in [2.45, 2.75) is 38.5 Å². The molecule has 9 heteroatoms. The second-order valence-electron chi connectivity index (χ2n) is 8.91. The van der Waals surface area contributed by atoms with Gasteiger partial charge in [-0.15, -0.1) is 0 Å². The van der Waals surface area contributed by atoms with Crippen LogP contribution < -0.4 is 16.2 Å². The van der Waals surface area contributed by atoms with Crippen LogP contribution in [0.3, 0.4) is 0 Å². The molecule has 0 amide bonds. The normalized spacial score (nSPS) is 25.6. The summed E-state index contributed by atoms with van der Waals surface area (Å²) in [6.07, 6.45) is 1.78. The summed E-state index contributed by atoms with van der Waals surface area (Å²) < 4.78 is 7.91. The van der Waals surface area contributed by atoms with E-state index >= 15 is 0 Å². The van der Waals surface area contributed by atoms with Crippen LogP contribution in [0.25, 0.3) is 21.9 Å². The number of nitrogen functional groups attached to an aromatic ring is 2. The fourth-order valence-corrected chi connectivity index (χ4v) is 4.61. The van der Waals surface area contributed by atoms with Gasteiger partial charge in [-0.05, 0) is 43.2 Å². The van der Waals surface area contributed by atoms with Crippen molar-refractivity contribution in [2.75, 3.05) is 18.1 Å². The van der Waals surface area contributed by atoms with Crippen LogP contribution in [0.1, 0.15) is 24.9 Å². The number of anilines is 2. The van der Waals surface area contributed by atoms with E-state index in [0.717, 1.165) is 21.9 Å². The number of benzene rings is 1. The lowest BCUT2D eigenvalue weighted by molar-refractivity contribution is -0.0364. The summed E-state index contributed by atoms with van der Waals surface area (Å²) in [5, 5.41) is 23.5. The van der Waals surface area contributed by atoms with Crippen LogP contribution in [0.4, 0.5) is 11.6 Å². The zero-order valence-corrected chi connectivity index (χ0v) is 17.9. The number of nitrogens with zero attached hydrogens (tertiary/aromatic N) is 4. The molecule has 0 spiro atoms. The topological polar surface area (TPSA) is 145 Å². The molecular weight excluding hydrogens is 408 g/mol. The molecule has 0 bridgehead atoms. The molecule has 0 aliphatic heterocycles. The maximum Gasteiger partial charge on any atom is 0.145 e. The average molecular weight is 435 g/mol. The summed E-state index contributed by atoms with van der Waals surface area (Å²) in [4.78, 5) is 12.8. The van der Waals surface area contributed by atoms with Crippen molar-refractivity contribution in [3.63, 3.8) is 0 Å². The van der Waals surface area contributed by atoms with Crippen molar-refractivity contribution < 1.29 is 14.9 Å². The molecule has 1 fully saturated rings. The van der Waals surface area contributed by atoms with E-state index in [9.17, 15) is 10.2 Å². The Morgan fingerprint density at radius 3 is 2.78 bits per heavy atom. The van der Waals surface area contributed by atoms with E-state index < -0.39 is 17.6 Å². The number of aliphatic hydroxyl groups is 2. The highest BCUT2D eigenvalue weighted by Crippen LogP contribution is 2.46. The summed E-state index contributed by atoms with van der Waals surface area (Å²) in [5.41, 5.74) is 13.5. The van der Waals surface area contributed by atoms with Gasteiger partial charge in [0, 0.05) is 23.1 Å². The first-order valence-corrected chi connectivity index (χ1v) is 10.5. The van der Waals surface area contributed by atoms with Crippen LogP contribution in [0.15, 0.2) is 42.9 Å². The van der Waals surface area contributed by atoms with Crippen LogP contribution in [0, 0.1) is 12.3 Å². The SMILES string of the molecule is Cc1cc2ccc(OC[C@@]3(C)C[C@@H](n4ccc5c(N)ncnc54)[C@H](O)[C@@H]3O)cc2nc1N. The number of aryl methyl sites for hydroxylation is 1. The maximum atomic E-state index is 10.9. The molecule has 166 valence electrons. The summed E-state index contributed by atoms with van der Waals surface area (Å²) in [6.45, 7) is 4.06. The molecule has 5 rings (SSSR count). The molecule has 1 saturated carbocycles. The standard InChI is InChI=1S/C23H26N6O3/c1-12-7-13-3-4-14(8-16(13)28-20(12)24)32-10-23(2)9-17(18(30)19(23)31)29-6-5-15-21(25)26-11-27-22(15)29/h3-8,11,17-19,30-31H,9-10H2,1-2H3,(H2,24,28)(H2,25,26,27)/t17-,18+,19+,23-/m1/s1. The number of pyridine rings is 1. The first kappa shape index (κ1) is 20.5. The summed E-state index contributed by atoms with van der Waals surface area (Å²) >= 11 is 0. The van der Waals surface area contributed by atoms with E-state index in [-0.39, 0.29) is 12.6 Å². The number of aromatic nitrogens is 4. The molecule has 4 aromatic rings. The van der Waals surface area contributed by atoms with Crippen LogP contribution in [0.5, 0.6) is 5.75 Å². The van der Waals surface area contributed by atoms with Gasteiger partial charge in [0.15, 0.2) is 0 Å².